The van der Waals surface area contributed by atoms with Gasteiger partial charge in [-0.3, -0.25) is 4.79 Å². The first-order valence-corrected chi connectivity index (χ1v) is 16.8. The highest BCUT2D eigenvalue weighted by molar-refractivity contribution is 5.86. The molecule has 2 heterocycles. The van der Waals surface area contributed by atoms with Crippen LogP contribution in [0.1, 0.15) is 63.5 Å². The fraction of sp³-hybridized carbons (Fsp3) is 0.436. The summed E-state index contributed by atoms with van der Waals surface area (Å²) in [6.07, 6.45) is 5.31. The Balaban J connectivity index is 1.32. The predicted octanol–water partition coefficient (Wildman–Crippen LogP) is 8.02. The second kappa shape index (κ2) is 13.9. The second-order valence-electron chi connectivity index (χ2n) is 14.0. The van der Waals surface area contributed by atoms with Gasteiger partial charge in [-0.1, -0.05) is 54.6 Å². The van der Waals surface area contributed by atoms with Gasteiger partial charge in [0.15, 0.2) is 0 Å². The molecule has 248 valence electrons. The number of fused-ring (bicyclic) bond motifs is 1. The molecule has 6 rings (SSSR count). The van der Waals surface area contributed by atoms with E-state index < -0.39 is 11.5 Å². The van der Waals surface area contributed by atoms with Crippen LogP contribution in [0.25, 0.3) is 22.0 Å². The van der Waals surface area contributed by atoms with Crippen LogP contribution >= 0.6 is 0 Å². The van der Waals surface area contributed by atoms with E-state index >= 15 is 0 Å². The van der Waals surface area contributed by atoms with Crippen LogP contribution in [0.15, 0.2) is 79.0 Å². The maximum absolute atomic E-state index is 14.8. The number of halogens is 1. The lowest BCUT2D eigenvalue weighted by Crippen LogP contribution is -2.51. The van der Waals surface area contributed by atoms with Gasteiger partial charge in [0, 0.05) is 63.0 Å². The van der Waals surface area contributed by atoms with Crippen molar-refractivity contribution in [1.29, 1.82) is 0 Å². The molecule has 0 N–H and O–H groups in total. The third kappa shape index (κ3) is 7.70. The molecule has 0 radical (unpaired) electrons. The number of rotatable bonds is 10. The van der Waals surface area contributed by atoms with Crippen LogP contribution < -0.4 is 0 Å². The van der Waals surface area contributed by atoms with Crippen LogP contribution in [0.4, 0.5) is 9.18 Å². The summed E-state index contributed by atoms with van der Waals surface area (Å²) in [7, 11) is 1.72. The average Bonchev–Trinajstić information content (AvgIpc) is 3.85. The van der Waals surface area contributed by atoms with Gasteiger partial charge in [0.25, 0.3) is 0 Å². The minimum atomic E-state index is -0.631. The number of carbonyl (C=O) groups is 2. The number of amides is 2. The van der Waals surface area contributed by atoms with Crippen LogP contribution in [0.3, 0.4) is 0 Å². The number of aryl methyl sites for hydroxylation is 1. The minimum Gasteiger partial charge on any atom is -0.444 e. The summed E-state index contributed by atoms with van der Waals surface area (Å²) in [4.78, 5) is 31.9. The molecule has 0 unspecified atom stereocenters. The zero-order valence-corrected chi connectivity index (χ0v) is 28.0. The summed E-state index contributed by atoms with van der Waals surface area (Å²) in [5.74, 6) is -0.717. The lowest BCUT2D eigenvalue weighted by molar-refractivity contribution is -0.139. The molecule has 2 atom stereocenters. The van der Waals surface area contributed by atoms with Gasteiger partial charge >= 0.3 is 6.09 Å². The summed E-state index contributed by atoms with van der Waals surface area (Å²) < 4.78 is 27.0. The van der Waals surface area contributed by atoms with E-state index in [2.05, 4.69) is 52.1 Å². The van der Waals surface area contributed by atoms with Crippen molar-refractivity contribution in [3.8, 4) is 11.1 Å². The highest BCUT2D eigenvalue weighted by atomic mass is 19.1. The van der Waals surface area contributed by atoms with Crippen molar-refractivity contribution >= 4 is 22.9 Å². The molecule has 1 aliphatic carbocycles. The molecule has 1 saturated carbocycles. The van der Waals surface area contributed by atoms with Crippen molar-refractivity contribution in [3.05, 3.63) is 95.9 Å². The van der Waals surface area contributed by atoms with Gasteiger partial charge in [0.05, 0.1) is 5.92 Å². The third-order valence-corrected chi connectivity index (χ3v) is 9.30. The molecular formula is C39H46FN3O4. The topological polar surface area (TPSA) is 64.0 Å². The van der Waals surface area contributed by atoms with E-state index in [1.165, 1.54) is 12.1 Å². The summed E-state index contributed by atoms with van der Waals surface area (Å²) >= 11 is 0. The third-order valence-electron chi connectivity index (χ3n) is 9.30. The molecule has 0 spiro atoms. The maximum Gasteiger partial charge on any atom is 0.410 e. The fourth-order valence-electron chi connectivity index (χ4n) is 6.87. The molecule has 1 saturated heterocycles. The van der Waals surface area contributed by atoms with E-state index in [4.69, 9.17) is 9.47 Å². The van der Waals surface area contributed by atoms with E-state index in [0.29, 0.717) is 32.7 Å². The Kier molecular flexibility index (Phi) is 9.69. The average molecular weight is 640 g/mol. The number of methoxy groups -OCH3 is 1. The minimum absolute atomic E-state index is 0.0779. The van der Waals surface area contributed by atoms with Gasteiger partial charge in [-0.2, -0.15) is 0 Å². The SMILES string of the molecule is COCCCn1cc(CN(C(=O)[C@H]2CN(C(=O)OC(C)(C)C)CC[C@@H]2c2cccc(-c3ccc(F)cc3)c2)C2CC2)c2ccccc21. The van der Waals surface area contributed by atoms with Crippen molar-refractivity contribution < 1.29 is 23.5 Å². The van der Waals surface area contributed by atoms with Crippen LogP contribution in [-0.2, 0) is 27.4 Å². The largest absolute Gasteiger partial charge is 0.444 e. The Morgan fingerprint density at radius 2 is 1.72 bits per heavy atom. The number of carbonyl (C=O) groups excluding carboxylic acids is 2. The Bertz CT molecular complexity index is 1710. The lowest BCUT2D eigenvalue weighted by Gasteiger charge is -2.40. The summed E-state index contributed by atoms with van der Waals surface area (Å²) in [6, 6.07) is 23.3. The summed E-state index contributed by atoms with van der Waals surface area (Å²) in [5.41, 5.74) is 4.61. The molecule has 8 heteroatoms. The fourth-order valence-corrected chi connectivity index (χ4v) is 6.87. The number of para-hydroxylation sites is 1. The van der Waals surface area contributed by atoms with Crippen LogP contribution in [-0.4, -0.2) is 64.8 Å². The zero-order chi connectivity index (χ0) is 33.1. The highest BCUT2D eigenvalue weighted by Gasteiger charge is 2.43. The monoisotopic (exact) mass is 639 g/mol. The quantitative estimate of drug-likeness (QED) is 0.165. The number of nitrogens with zero attached hydrogens (tertiary/aromatic N) is 3. The van der Waals surface area contributed by atoms with Crippen LogP contribution in [0.5, 0.6) is 0 Å². The molecular weight excluding hydrogens is 593 g/mol. The van der Waals surface area contributed by atoms with Crippen molar-refractivity contribution in [2.24, 2.45) is 5.92 Å². The molecule has 2 aliphatic rings. The van der Waals surface area contributed by atoms with E-state index in [9.17, 15) is 14.0 Å². The van der Waals surface area contributed by atoms with E-state index in [1.54, 1.807) is 24.1 Å². The number of piperidine rings is 1. The first-order chi connectivity index (χ1) is 22.6. The second-order valence-corrected chi connectivity index (χ2v) is 14.0. The maximum atomic E-state index is 14.8. The van der Waals surface area contributed by atoms with Crippen molar-refractivity contribution in [1.82, 2.24) is 14.4 Å². The molecule has 47 heavy (non-hydrogen) atoms. The van der Waals surface area contributed by atoms with E-state index in [0.717, 1.165) is 59.0 Å². The molecule has 0 bridgehead atoms. The number of likely N-dealkylation sites (tertiary alicyclic amines) is 1. The number of aromatic nitrogens is 1. The number of benzene rings is 3. The standard InChI is InChI=1S/C39H46FN3O4/c1-39(2,3)47-38(45)42-21-19-33(29-10-7-9-28(23-29)27-13-15-31(40)16-14-27)35(26-42)37(44)43(32-17-18-32)25-30-24-41(20-8-22-46-4)36-12-6-5-11-34(30)36/h5-7,9-16,23-24,32-33,35H,8,17-22,25-26H2,1-4H3/t33-,35+/m1/s1. The first kappa shape index (κ1) is 32.8. The van der Waals surface area contributed by atoms with Gasteiger partial charge < -0.3 is 23.8 Å². The predicted molar refractivity (Wildman–Crippen MR) is 182 cm³/mol. The molecule has 4 aromatic rings. The molecule has 2 fully saturated rings. The van der Waals surface area contributed by atoms with E-state index in [1.807, 2.05) is 32.9 Å². The van der Waals surface area contributed by atoms with Gasteiger partial charge in [-0.15, -0.1) is 0 Å². The van der Waals surface area contributed by atoms with Crippen LogP contribution in [0.2, 0.25) is 0 Å². The summed E-state index contributed by atoms with van der Waals surface area (Å²) in [6.45, 7) is 8.43. The molecule has 3 aromatic carbocycles. The van der Waals surface area contributed by atoms with Gasteiger partial charge in [0.2, 0.25) is 5.91 Å². The molecule has 1 aromatic heterocycles. The Hall–Kier alpha value is -4.17. The Labute approximate surface area is 277 Å². The van der Waals surface area contributed by atoms with Crippen molar-refractivity contribution in [3.63, 3.8) is 0 Å². The number of hydrogen-bond donors (Lipinski definition) is 0. The van der Waals surface area contributed by atoms with Crippen LogP contribution in [0, 0.1) is 11.7 Å². The van der Waals surface area contributed by atoms with E-state index in [-0.39, 0.29) is 29.8 Å². The van der Waals surface area contributed by atoms with Gasteiger partial charge in [0.1, 0.15) is 11.4 Å². The van der Waals surface area contributed by atoms with Gasteiger partial charge in [-0.25, -0.2) is 9.18 Å². The van der Waals surface area contributed by atoms with Crippen molar-refractivity contribution in [2.45, 2.75) is 77.1 Å². The lowest BCUT2D eigenvalue weighted by atomic mass is 9.79. The summed E-state index contributed by atoms with van der Waals surface area (Å²) in [5, 5.41) is 1.16. The molecule has 7 nitrogen and oxygen atoms in total. The van der Waals surface area contributed by atoms with Crippen molar-refractivity contribution in [2.75, 3.05) is 26.8 Å². The number of ether oxygens (including phenoxy) is 2. The zero-order valence-electron chi connectivity index (χ0n) is 28.0. The van der Waals surface area contributed by atoms with Gasteiger partial charge in [-0.05, 0) is 92.8 Å². The normalized spacial score (nSPS) is 18.4. The molecule has 1 aliphatic heterocycles. The first-order valence-electron chi connectivity index (χ1n) is 16.8. The Morgan fingerprint density at radius 3 is 2.45 bits per heavy atom. The highest BCUT2D eigenvalue weighted by Crippen LogP contribution is 2.40. The molecule has 2 amide bonds. The Morgan fingerprint density at radius 1 is 0.957 bits per heavy atom. The smallest absolute Gasteiger partial charge is 0.410 e. The number of hydrogen-bond acceptors (Lipinski definition) is 4.